The van der Waals surface area contributed by atoms with Gasteiger partial charge in [0.2, 0.25) is 0 Å². The molecule has 2 aliphatic heterocycles. The number of nitrogens with zero attached hydrogens (tertiary/aromatic N) is 2. The van der Waals surface area contributed by atoms with Gasteiger partial charge in [-0.3, -0.25) is 4.90 Å². The molecule has 0 bridgehead atoms. The molecule has 0 aromatic heterocycles. The largest absolute Gasteiger partial charge is 0.479 e. The Morgan fingerprint density at radius 3 is 2.41 bits per heavy atom. The highest BCUT2D eigenvalue weighted by Gasteiger charge is 2.31. The highest BCUT2D eigenvalue weighted by Crippen LogP contribution is 2.21. The number of ether oxygens (including phenoxy) is 1. The van der Waals surface area contributed by atoms with Crippen molar-refractivity contribution < 1.29 is 14.6 Å². The Bertz CT molecular complexity index is 264. The van der Waals surface area contributed by atoms with Crippen molar-refractivity contribution in [2.75, 3.05) is 39.3 Å². The van der Waals surface area contributed by atoms with Gasteiger partial charge in [-0.1, -0.05) is 6.92 Å². The Morgan fingerprint density at radius 1 is 1.24 bits per heavy atom. The Morgan fingerprint density at radius 2 is 1.88 bits per heavy atom. The summed E-state index contributed by atoms with van der Waals surface area (Å²) < 4.78 is 5.52. The van der Waals surface area contributed by atoms with Gasteiger partial charge in [0, 0.05) is 32.7 Å². The average molecular weight is 242 g/mol. The summed E-state index contributed by atoms with van der Waals surface area (Å²) in [7, 11) is 0. The van der Waals surface area contributed by atoms with Crippen LogP contribution >= 0.6 is 0 Å². The zero-order valence-electron chi connectivity index (χ0n) is 10.5. The van der Waals surface area contributed by atoms with Crippen LogP contribution in [-0.4, -0.2) is 72.4 Å². The number of hydrogen-bond acceptors (Lipinski definition) is 4. The minimum Gasteiger partial charge on any atom is -0.479 e. The zero-order valence-corrected chi connectivity index (χ0v) is 10.5. The lowest BCUT2D eigenvalue weighted by Crippen LogP contribution is -2.48. The molecule has 1 N–H and O–H groups in total. The van der Waals surface area contributed by atoms with E-state index >= 15 is 0 Å². The third kappa shape index (κ3) is 3.40. The van der Waals surface area contributed by atoms with E-state index < -0.39 is 12.1 Å². The van der Waals surface area contributed by atoms with Crippen LogP contribution in [0.2, 0.25) is 0 Å². The molecule has 0 saturated carbocycles. The van der Waals surface area contributed by atoms with E-state index in [0.717, 1.165) is 45.7 Å². The lowest BCUT2D eigenvalue weighted by molar-refractivity contribution is -0.149. The fraction of sp³-hybridized carbons (Fsp3) is 0.917. The first-order chi connectivity index (χ1) is 8.19. The second-order valence-corrected chi connectivity index (χ2v) is 4.90. The molecule has 2 fully saturated rings. The standard InChI is InChI=1S/C12H22N2O3/c1-2-13-5-7-14(8-6-13)9-10-3-4-11(17-10)12(15)16/h10-11H,2-9H2,1H3,(H,15,16)/t10-,11+/m0/s1. The molecule has 0 unspecified atom stereocenters. The molecule has 0 radical (unpaired) electrons. The van der Waals surface area contributed by atoms with E-state index in [1.807, 2.05) is 0 Å². The fourth-order valence-corrected chi connectivity index (χ4v) is 2.60. The number of likely N-dealkylation sites (N-methyl/N-ethyl adjacent to an activating group) is 1. The monoisotopic (exact) mass is 242 g/mol. The van der Waals surface area contributed by atoms with Crippen molar-refractivity contribution in [3.8, 4) is 0 Å². The summed E-state index contributed by atoms with van der Waals surface area (Å²) in [5, 5.41) is 8.86. The van der Waals surface area contributed by atoms with Crippen LogP contribution in [0.1, 0.15) is 19.8 Å². The van der Waals surface area contributed by atoms with Crippen LogP contribution in [0.25, 0.3) is 0 Å². The highest BCUT2D eigenvalue weighted by molar-refractivity contribution is 5.72. The van der Waals surface area contributed by atoms with Gasteiger partial charge in [-0.25, -0.2) is 4.79 Å². The maximum absolute atomic E-state index is 10.8. The molecule has 0 spiro atoms. The van der Waals surface area contributed by atoms with Crippen molar-refractivity contribution in [2.24, 2.45) is 0 Å². The van der Waals surface area contributed by atoms with Crippen LogP contribution in [0.3, 0.4) is 0 Å². The van der Waals surface area contributed by atoms with Crippen molar-refractivity contribution in [3.05, 3.63) is 0 Å². The minimum atomic E-state index is -0.816. The maximum atomic E-state index is 10.8. The number of piperazine rings is 1. The first-order valence-corrected chi connectivity index (χ1v) is 6.52. The summed E-state index contributed by atoms with van der Waals surface area (Å²) >= 11 is 0. The second-order valence-electron chi connectivity index (χ2n) is 4.90. The number of carboxylic acid groups (broad SMARTS) is 1. The maximum Gasteiger partial charge on any atom is 0.332 e. The van der Waals surface area contributed by atoms with E-state index in [0.29, 0.717) is 6.42 Å². The van der Waals surface area contributed by atoms with Gasteiger partial charge in [-0.05, 0) is 19.4 Å². The molecule has 2 saturated heterocycles. The molecule has 0 aromatic rings. The van der Waals surface area contributed by atoms with E-state index in [2.05, 4.69) is 16.7 Å². The second kappa shape index (κ2) is 5.80. The topological polar surface area (TPSA) is 53.0 Å². The normalized spacial score (nSPS) is 31.8. The van der Waals surface area contributed by atoms with Crippen molar-refractivity contribution in [3.63, 3.8) is 0 Å². The van der Waals surface area contributed by atoms with E-state index in [4.69, 9.17) is 9.84 Å². The molecule has 17 heavy (non-hydrogen) atoms. The van der Waals surface area contributed by atoms with Crippen LogP contribution in [0, 0.1) is 0 Å². The van der Waals surface area contributed by atoms with E-state index in [1.54, 1.807) is 0 Å². The Balaban J connectivity index is 1.70. The molecule has 98 valence electrons. The molecule has 2 atom stereocenters. The Hall–Kier alpha value is -0.650. The molecule has 5 nitrogen and oxygen atoms in total. The van der Waals surface area contributed by atoms with Crippen LogP contribution in [-0.2, 0) is 9.53 Å². The molecule has 2 heterocycles. The van der Waals surface area contributed by atoms with E-state index in [9.17, 15) is 4.79 Å². The molecule has 0 aliphatic carbocycles. The molecule has 0 aromatic carbocycles. The van der Waals surface area contributed by atoms with Crippen LogP contribution < -0.4 is 0 Å². The predicted molar refractivity (Wildman–Crippen MR) is 64.1 cm³/mol. The molecular weight excluding hydrogens is 220 g/mol. The Labute approximate surface area is 102 Å². The summed E-state index contributed by atoms with van der Waals surface area (Å²) in [4.78, 5) is 15.6. The SMILES string of the molecule is CCN1CCN(C[C@@H]2CC[C@H](C(=O)O)O2)CC1. The smallest absolute Gasteiger partial charge is 0.332 e. The predicted octanol–water partition coefficient (Wildman–Crippen LogP) is 0.256. The van der Waals surface area contributed by atoms with Gasteiger partial charge < -0.3 is 14.7 Å². The molecule has 5 heteroatoms. The lowest BCUT2D eigenvalue weighted by atomic mass is 10.2. The zero-order chi connectivity index (χ0) is 12.3. The fourth-order valence-electron chi connectivity index (χ4n) is 2.60. The van der Waals surface area contributed by atoms with Crippen LogP contribution in [0.5, 0.6) is 0 Å². The van der Waals surface area contributed by atoms with Crippen molar-refractivity contribution >= 4 is 5.97 Å². The van der Waals surface area contributed by atoms with Gasteiger partial charge in [-0.2, -0.15) is 0 Å². The van der Waals surface area contributed by atoms with Crippen LogP contribution in [0.15, 0.2) is 0 Å². The first-order valence-electron chi connectivity index (χ1n) is 6.52. The summed E-state index contributed by atoms with van der Waals surface area (Å²) in [5.74, 6) is -0.816. The van der Waals surface area contributed by atoms with Crippen molar-refractivity contribution in [2.45, 2.75) is 32.0 Å². The van der Waals surface area contributed by atoms with Gasteiger partial charge in [0.05, 0.1) is 6.10 Å². The highest BCUT2D eigenvalue weighted by atomic mass is 16.5. The summed E-state index contributed by atoms with van der Waals surface area (Å²) in [6, 6.07) is 0. The number of aliphatic carboxylic acids is 1. The average Bonchev–Trinajstić information content (AvgIpc) is 2.79. The summed E-state index contributed by atoms with van der Waals surface area (Å²) in [5.41, 5.74) is 0. The van der Waals surface area contributed by atoms with Gasteiger partial charge in [0.25, 0.3) is 0 Å². The quantitative estimate of drug-likeness (QED) is 0.766. The first kappa shape index (κ1) is 12.8. The number of rotatable bonds is 4. The lowest BCUT2D eigenvalue weighted by Gasteiger charge is -2.35. The third-order valence-corrected chi connectivity index (χ3v) is 3.76. The molecular formula is C12H22N2O3. The number of carbonyl (C=O) groups is 1. The van der Waals surface area contributed by atoms with Crippen molar-refractivity contribution in [1.29, 1.82) is 0 Å². The molecule has 2 aliphatic rings. The van der Waals surface area contributed by atoms with Gasteiger partial charge in [-0.15, -0.1) is 0 Å². The minimum absolute atomic E-state index is 0.115. The summed E-state index contributed by atoms with van der Waals surface area (Å²) in [6.45, 7) is 8.58. The van der Waals surface area contributed by atoms with E-state index in [-0.39, 0.29) is 6.10 Å². The molecule has 2 rings (SSSR count). The number of carboxylic acids is 1. The van der Waals surface area contributed by atoms with Crippen molar-refractivity contribution in [1.82, 2.24) is 9.80 Å². The van der Waals surface area contributed by atoms with Gasteiger partial charge in [0.15, 0.2) is 6.10 Å². The van der Waals surface area contributed by atoms with Crippen LogP contribution in [0.4, 0.5) is 0 Å². The summed E-state index contributed by atoms with van der Waals surface area (Å²) in [6.07, 6.45) is 1.08. The van der Waals surface area contributed by atoms with E-state index in [1.165, 1.54) is 0 Å². The van der Waals surface area contributed by atoms with Gasteiger partial charge in [0.1, 0.15) is 0 Å². The Kier molecular flexibility index (Phi) is 4.36. The van der Waals surface area contributed by atoms with Gasteiger partial charge >= 0.3 is 5.97 Å². The molecule has 0 amide bonds. The third-order valence-electron chi connectivity index (χ3n) is 3.76. The number of hydrogen-bond donors (Lipinski definition) is 1.